The van der Waals surface area contributed by atoms with Crippen molar-refractivity contribution in [2.45, 2.75) is 46.2 Å². The summed E-state index contributed by atoms with van der Waals surface area (Å²) in [6, 6.07) is 8.33. The van der Waals surface area contributed by atoms with Crippen molar-refractivity contribution in [2.24, 2.45) is 7.05 Å². The molecule has 0 fully saturated rings. The van der Waals surface area contributed by atoms with E-state index in [1.54, 1.807) is 7.05 Å². The first-order chi connectivity index (χ1) is 13.0. The topological polar surface area (TPSA) is 65.1 Å². The smallest absolute Gasteiger partial charge is 0.312 e. The van der Waals surface area contributed by atoms with Gasteiger partial charge in [-0.3, -0.25) is 13.9 Å². The van der Waals surface area contributed by atoms with E-state index in [9.17, 15) is 9.59 Å². The third-order valence-corrected chi connectivity index (χ3v) is 5.26. The Balaban J connectivity index is 2.00. The number of hydrogen-bond donors (Lipinski definition) is 0. The highest BCUT2D eigenvalue weighted by Gasteiger charge is 2.25. The van der Waals surface area contributed by atoms with Crippen LogP contribution in [-0.4, -0.2) is 25.2 Å². The molecule has 4 rings (SSSR count). The van der Waals surface area contributed by atoms with Gasteiger partial charge >= 0.3 is 5.69 Å². The number of imidazole rings is 1. The first kappa shape index (κ1) is 17.6. The highest BCUT2D eigenvalue weighted by atomic mass is 16.2. The van der Waals surface area contributed by atoms with E-state index in [2.05, 4.69) is 36.1 Å². The molecular formula is C20H25N5O2. The number of hydrogen-bond acceptors (Lipinski definition) is 4. The summed E-state index contributed by atoms with van der Waals surface area (Å²) >= 11 is 0. The molecule has 0 aliphatic carbocycles. The van der Waals surface area contributed by atoms with Gasteiger partial charge in [-0.25, -0.2) is 4.79 Å². The van der Waals surface area contributed by atoms with Crippen LogP contribution >= 0.6 is 0 Å². The summed E-state index contributed by atoms with van der Waals surface area (Å²) in [5.74, 6) is 0.743. The molecule has 3 heterocycles. The summed E-state index contributed by atoms with van der Waals surface area (Å²) in [5, 5.41) is 0. The van der Waals surface area contributed by atoms with Crippen LogP contribution in [0.15, 0.2) is 33.9 Å². The fourth-order valence-corrected chi connectivity index (χ4v) is 3.81. The van der Waals surface area contributed by atoms with Crippen molar-refractivity contribution in [2.75, 3.05) is 11.4 Å². The number of aromatic nitrogens is 4. The molecule has 7 heteroatoms. The minimum absolute atomic E-state index is 0.237. The molecule has 142 valence electrons. The lowest BCUT2D eigenvalue weighted by Gasteiger charge is -2.22. The summed E-state index contributed by atoms with van der Waals surface area (Å²) in [6.07, 6.45) is 2.72. The molecule has 0 spiro atoms. The molecule has 1 aromatic carbocycles. The minimum Gasteiger partial charge on any atom is -0.312 e. The zero-order valence-electron chi connectivity index (χ0n) is 16.1. The van der Waals surface area contributed by atoms with Gasteiger partial charge in [0.1, 0.15) is 0 Å². The van der Waals surface area contributed by atoms with Crippen LogP contribution in [0.2, 0.25) is 0 Å². The fraction of sp³-hybridized carbons (Fsp3) is 0.450. The van der Waals surface area contributed by atoms with Crippen LogP contribution < -0.4 is 16.1 Å². The molecule has 0 unspecified atom stereocenters. The monoisotopic (exact) mass is 367 g/mol. The van der Waals surface area contributed by atoms with Crippen LogP contribution in [0.25, 0.3) is 11.2 Å². The predicted octanol–water partition coefficient (Wildman–Crippen LogP) is 2.55. The Morgan fingerprint density at radius 1 is 1.07 bits per heavy atom. The lowest BCUT2D eigenvalue weighted by Crippen LogP contribution is -2.39. The molecular weight excluding hydrogens is 342 g/mol. The molecule has 0 radical (unpaired) electrons. The molecule has 27 heavy (non-hydrogen) atoms. The summed E-state index contributed by atoms with van der Waals surface area (Å²) in [4.78, 5) is 32.6. The largest absolute Gasteiger partial charge is 0.332 e. The maximum absolute atomic E-state index is 13.1. The van der Waals surface area contributed by atoms with Gasteiger partial charge in [0, 0.05) is 32.4 Å². The second-order valence-electron chi connectivity index (χ2n) is 7.23. The van der Waals surface area contributed by atoms with Crippen LogP contribution in [0.3, 0.4) is 0 Å². The van der Waals surface area contributed by atoms with Gasteiger partial charge < -0.3 is 9.47 Å². The third kappa shape index (κ3) is 2.78. The lowest BCUT2D eigenvalue weighted by atomic mass is 10.2. The van der Waals surface area contributed by atoms with E-state index in [-0.39, 0.29) is 11.2 Å². The molecule has 3 aromatic rings. The summed E-state index contributed by atoms with van der Waals surface area (Å²) in [6.45, 7) is 6.01. The summed E-state index contributed by atoms with van der Waals surface area (Å²) in [7, 11) is 1.69. The van der Waals surface area contributed by atoms with Crippen molar-refractivity contribution in [3.63, 3.8) is 0 Å². The molecule has 0 atom stereocenters. The SMILES string of the molecule is CCCn1c(=O)c2c(nc3n2CCCCN3c2ccc(C)cc2)n(C)c1=O. The van der Waals surface area contributed by atoms with Crippen molar-refractivity contribution >= 4 is 22.8 Å². The maximum Gasteiger partial charge on any atom is 0.332 e. The van der Waals surface area contributed by atoms with E-state index < -0.39 is 0 Å². The summed E-state index contributed by atoms with van der Waals surface area (Å²) in [5.41, 5.74) is 2.71. The van der Waals surface area contributed by atoms with Crippen molar-refractivity contribution < 1.29 is 0 Å². The van der Waals surface area contributed by atoms with Crippen LogP contribution in [0, 0.1) is 6.92 Å². The van der Waals surface area contributed by atoms with Gasteiger partial charge in [0.25, 0.3) is 5.56 Å². The average molecular weight is 367 g/mol. The molecule has 0 bridgehead atoms. The van der Waals surface area contributed by atoms with E-state index in [4.69, 9.17) is 4.98 Å². The molecule has 0 saturated heterocycles. The van der Waals surface area contributed by atoms with Gasteiger partial charge in [-0.1, -0.05) is 24.6 Å². The predicted molar refractivity (Wildman–Crippen MR) is 107 cm³/mol. The summed E-state index contributed by atoms with van der Waals surface area (Å²) < 4.78 is 4.83. The van der Waals surface area contributed by atoms with E-state index >= 15 is 0 Å². The molecule has 7 nitrogen and oxygen atoms in total. The molecule has 0 saturated carbocycles. The first-order valence-electron chi connectivity index (χ1n) is 9.57. The number of nitrogens with zero attached hydrogens (tertiary/aromatic N) is 5. The molecule has 0 amide bonds. The minimum atomic E-state index is -0.301. The number of rotatable bonds is 3. The molecule has 1 aliphatic heterocycles. The Morgan fingerprint density at radius 2 is 1.78 bits per heavy atom. The molecule has 2 aromatic heterocycles. The van der Waals surface area contributed by atoms with E-state index in [1.807, 2.05) is 11.5 Å². The van der Waals surface area contributed by atoms with E-state index in [0.29, 0.717) is 17.7 Å². The zero-order chi connectivity index (χ0) is 19.1. The zero-order valence-corrected chi connectivity index (χ0v) is 16.1. The Bertz CT molecular complexity index is 1100. The van der Waals surface area contributed by atoms with Gasteiger partial charge in [-0.05, 0) is 38.3 Å². The second kappa shape index (κ2) is 6.72. The van der Waals surface area contributed by atoms with Crippen molar-refractivity contribution in [3.8, 4) is 0 Å². The Labute approximate surface area is 157 Å². The first-order valence-corrected chi connectivity index (χ1v) is 9.57. The van der Waals surface area contributed by atoms with Gasteiger partial charge in [-0.2, -0.15) is 4.98 Å². The average Bonchev–Trinajstić information content (AvgIpc) is 2.92. The van der Waals surface area contributed by atoms with Gasteiger partial charge in [0.2, 0.25) is 5.95 Å². The maximum atomic E-state index is 13.1. The molecule has 1 aliphatic rings. The second-order valence-corrected chi connectivity index (χ2v) is 7.23. The fourth-order valence-electron chi connectivity index (χ4n) is 3.81. The number of aryl methyl sites for hydroxylation is 3. The quantitative estimate of drug-likeness (QED) is 0.714. The van der Waals surface area contributed by atoms with E-state index in [0.717, 1.165) is 44.0 Å². The standard InChI is InChI=1S/C20H25N5O2/c1-4-11-25-18(26)16-17(22(3)20(25)27)21-19-23(12-5-6-13-24(16)19)15-9-7-14(2)8-10-15/h7-10H,4-6,11-13H2,1-3H3. The number of fused-ring (bicyclic) bond motifs is 3. The Morgan fingerprint density at radius 3 is 2.48 bits per heavy atom. The third-order valence-electron chi connectivity index (χ3n) is 5.26. The molecule has 0 N–H and O–H groups in total. The Hall–Kier alpha value is -2.83. The lowest BCUT2D eigenvalue weighted by molar-refractivity contribution is 0.587. The van der Waals surface area contributed by atoms with Gasteiger partial charge in [0.05, 0.1) is 0 Å². The highest BCUT2D eigenvalue weighted by Crippen LogP contribution is 2.30. The Kier molecular flexibility index (Phi) is 4.37. The van der Waals surface area contributed by atoms with Crippen molar-refractivity contribution in [3.05, 3.63) is 50.7 Å². The van der Waals surface area contributed by atoms with Gasteiger partial charge in [-0.15, -0.1) is 0 Å². The van der Waals surface area contributed by atoms with Crippen molar-refractivity contribution in [1.29, 1.82) is 0 Å². The van der Waals surface area contributed by atoms with Crippen molar-refractivity contribution in [1.82, 2.24) is 18.7 Å². The van der Waals surface area contributed by atoms with Crippen LogP contribution in [0.1, 0.15) is 31.7 Å². The number of benzene rings is 1. The van der Waals surface area contributed by atoms with Gasteiger partial charge in [0.15, 0.2) is 11.2 Å². The normalized spacial score (nSPS) is 14.4. The van der Waals surface area contributed by atoms with Crippen LogP contribution in [0.5, 0.6) is 0 Å². The van der Waals surface area contributed by atoms with Crippen LogP contribution in [-0.2, 0) is 20.1 Å². The van der Waals surface area contributed by atoms with E-state index in [1.165, 1.54) is 14.7 Å². The highest BCUT2D eigenvalue weighted by molar-refractivity contribution is 5.76. The number of anilines is 2. The van der Waals surface area contributed by atoms with Crippen LogP contribution in [0.4, 0.5) is 11.6 Å².